The van der Waals surface area contributed by atoms with Gasteiger partial charge in [0.25, 0.3) is 0 Å². The maximum absolute atomic E-state index is 6.20. The molecule has 4 rings (SSSR count). The summed E-state index contributed by atoms with van der Waals surface area (Å²) in [6.45, 7) is 2.19. The highest BCUT2D eigenvalue weighted by Crippen LogP contribution is 2.36. The lowest BCUT2D eigenvalue weighted by Crippen LogP contribution is -2.25. The molecule has 1 N–H and O–H groups in total. The quantitative estimate of drug-likeness (QED) is 0.706. The molecule has 1 aliphatic heterocycles. The van der Waals surface area contributed by atoms with Crippen LogP contribution in [-0.2, 0) is 6.42 Å². The van der Waals surface area contributed by atoms with Crippen molar-refractivity contribution in [1.29, 1.82) is 0 Å². The maximum atomic E-state index is 6.20. The molecule has 132 valence electrons. The van der Waals surface area contributed by atoms with Crippen LogP contribution in [0.25, 0.3) is 0 Å². The standard InChI is InChI=1S/C20H19ClN4O/c1-13-11-14-5-3-4-6-17(14)25(13)20-22-10-9-19(24-20)23-15-7-8-18(26-2)16(21)12-15/h3-10,12-13H,11H2,1-2H3,(H,22,23,24). The van der Waals surface area contributed by atoms with Crippen molar-refractivity contribution in [2.75, 3.05) is 17.3 Å². The number of ether oxygens (including phenoxy) is 1. The zero-order valence-electron chi connectivity index (χ0n) is 14.6. The molecule has 3 aromatic rings. The lowest BCUT2D eigenvalue weighted by molar-refractivity contribution is 0.415. The van der Waals surface area contributed by atoms with Crippen molar-refractivity contribution >= 4 is 34.7 Å². The second-order valence-electron chi connectivity index (χ2n) is 6.27. The number of nitrogens with zero attached hydrogens (tertiary/aromatic N) is 3. The molecule has 6 heteroatoms. The third kappa shape index (κ3) is 3.06. The van der Waals surface area contributed by atoms with E-state index < -0.39 is 0 Å². The van der Waals surface area contributed by atoms with E-state index in [2.05, 4.69) is 40.3 Å². The van der Waals surface area contributed by atoms with E-state index in [1.807, 2.05) is 30.3 Å². The maximum Gasteiger partial charge on any atom is 0.232 e. The van der Waals surface area contributed by atoms with Crippen LogP contribution in [0.3, 0.4) is 0 Å². The van der Waals surface area contributed by atoms with Crippen LogP contribution in [0.2, 0.25) is 5.02 Å². The molecule has 1 aromatic heterocycles. The molecule has 0 saturated heterocycles. The number of halogens is 1. The molecule has 0 fully saturated rings. The third-order valence-electron chi connectivity index (χ3n) is 4.49. The number of aromatic nitrogens is 2. The van der Waals surface area contributed by atoms with Gasteiger partial charge < -0.3 is 15.0 Å². The van der Waals surface area contributed by atoms with Gasteiger partial charge >= 0.3 is 0 Å². The highest BCUT2D eigenvalue weighted by Gasteiger charge is 2.28. The largest absolute Gasteiger partial charge is 0.495 e. The molecular formula is C20H19ClN4O. The van der Waals surface area contributed by atoms with Crippen molar-refractivity contribution in [3.05, 3.63) is 65.3 Å². The molecular weight excluding hydrogens is 348 g/mol. The summed E-state index contributed by atoms with van der Waals surface area (Å²) in [7, 11) is 1.60. The first-order valence-electron chi connectivity index (χ1n) is 8.46. The van der Waals surface area contributed by atoms with Gasteiger partial charge in [0.2, 0.25) is 5.95 Å². The molecule has 0 amide bonds. The molecule has 1 unspecified atom stereocenters. The smallest absolute Gasteiger partial charge is 0.232 e. The molecule has 0 bridgehead atoms. The predicted molar refractivity (Wildman–Crippen MR) is 105 cm³/mol. The molecule has 5 nitrogen and oxygen atoms in total. The summed E-state index contributed by atoms with van der Waals surface area (Å²) in [6.07, 6.45) is 2.76. The fourth-order valence-electron chi connectivity index (χ4n) is 3.30. The number of rotatable bonds is 4. The summed E-state index contributed by atoms with van der Waals surface area (Å²) in [5.74, 6) is 2.04. The van der Waals surface area contributed by atoms with E-state index in [1.54, 1.807) is 13.3 Å². The fourth-order valence-corrected chi connectivity index (χ4v) is 3.55. The molecule has 0 saturated carbocycles. The average Bonchev–Trinajstić information content (AvgIpc) is 2.98. The van der Waals surface area contributed by atoms with Crippen molar-refractivity contribution in [2.24, 2.45) is 0 Å². The van der Waals surface area contributed by atoms with Crippen LogP contribution in [0.5, 0.6) is 5.75 Å². The van der Waals surface area contributed by atoms with Crippen molar-refractivity contribution in [3.63, 3.8) is 0 Å². The van der Waals surface area contributed by atoms with Gasteiger partial charge in [-0.15, -0.1) is 0 Å². The van der Waals surface area contributed by atoms with Crippen LogP contribution in [0.4, 0.5) is 23.1 Å². The zero-order valence-corrected chi connectivity index (χ0v) is 15.4. The first-order chi connectivity index (χ1) is 12.7. The second kappa shape index (κ2) is 6.84. The van der Waals surface area contributed by atoms with E-state index in [1.165, 1.54) is 11.3 Å². The van der Waals surface area contributed by atoms with Gasteiger partial charge in [0.05, 0.1) is 12.1 Å². The van der Waals surface area contributed by atoms with Gasteiger partial charge in [-0.3, -0.25) is 0 Å². The zero-order chi connectivity index (χ0) is 18.1. The minimum absolute atomic E-state index is 0.318. The highest BCUT2D eigenvalue weighted by atomic mass is 35.5. The van der Waals surface area contributed by atoms with Gasteiger partial charge in [-0.2, -0.15) is 4.98 Å². The lowest BCUT2D eigenvalue weighted by atomic mass is 10.1. The minimum atomic E-state index is 0.318. The van der Waals surface area contributed by atoms with E-state index in [-0.39, 0.29) is 0 Å². The van der Waals surface area contributed by atoms with Crippen LogP contribution in [0.1, 0.15) is 12.5 Å². The Bertz CT molecular complexity index is 947. The van der Waals surface area contributed by atoms with Crippen LogP contribution in [0.15, 0.2) is 54.7 Å². The summed E-state index contributed by atoms with van der Waals surface area (Å²) >= 11 is 6.20. The van der Waals surface area contributed by atoms with Gasteiger partial charge in [0.1, 0.15) is 11.6 Å². The molecule has 0 aliphatic carbocycles. The Morgan fingerprint density at radius 2 is 2.04 bits per heavy atom. The highest BCUT2D eigenvalue weighted by molar-refractivity contribution is 6.32. The normalized spacial score (nSPS) is 15.7. The summed E-state index contributed by atoms with van der Waals surface area (Å²) in [6, 6.07) is 16.1. The summed E-state index contributed by atoms with van der Waals surface area (Å²) in [4.78, 5) is 11.4. The fraction of sp³-hybridized carbons (Fsp3) is 0.200. The number of benzene rings is 2. The van der Waals surface area contributed by atoms with Crippen molar-refractivity contribution < 1.29 is 4.74 Å². The topological polar surface area (TPSA) is 50.3 Å². The second-order valence-corrected chi connectivity index (χ2v) is 6.68. The Morgan fingerprint density at radius 3 is 2.85 bits per heavy atom. The van der Waals surface area contributed by atoms with E-state index in [0.717, 1.165) is 12.1 Å². The summed E-state index contributed by atoms with van der Waals surface area (Å²) < 4.78 is 5.19. The Balaban J connectivity index is 1.62. The first kappa shape index (κ1) is 16.7. The molecule has 26 heavy (non-hydrogen) atoms. The molecule has 1 aliphatic rings. The van der Waals surface area contributed by atoms with Gasteiger partial charge in [-0.05, 0) is 49.2 Å². The van der Waals surface area contributed by atoms with E-state index in [0.29, 0.717) is 28.6 Å². The summed E-state index contributed by atoms with van der Waals surface area (Å²) in [5.41, 5.74) is 3.34. The van der Waals surface area contributed by atoms with Crippen LogP contribution in [0, 0.1) is 0 Å². The SMILES string of the molecule is COc1ccc(Nc2ccnc(N3c4ccccc4CC3C)n2)cc1Cl. The van der Waals surface area contributed by atoms with Gasteiger partial charge in [0, 0.05) is 23.6 Å². The first-order valence-corrected chi connectivity index (χ1v) is 8.84. The lowest BCUT2D eigenvalue weighted by Gasteiger charge is -2.23. The minimum Gasteiger partial charge on any atom is -0.495 e. The molecule has 2 heterocycles. The number of nitrogens with one attached hydrogen (secondary N) is 1. The number of anilines is 4. The average molecular weight is 367 g/mol. The van der Waals surface area contributed by atoms with E-state index in [4.69, 9.17) is 21.3 Å². The van der Waals surface area contributed by atoms with Crippen molar-refractivity contribution in [1.82, 2.24) is 9.97 Å². The Morgan fingerprint density at radius 1 is 1.19 bits per heavy atom. The molecule has 0 radical (unpaired) electrons. The molecule has 1 atom stereocenters. The van der Waals surface area contributed by atoms with Gasteiger partial charge in [0.15, 0.2) is 0 Å². The monoisotopic (exact) mass is 366 g/mol. The van der Waals surface area contributed by atoms with Crippen LogP contribution in [-0.4, -0.2) is 23.1 Å². The number of para-hydroxylation sites is 1. The third-order valence-corrected chi connectivity index (χ3v) is 4.79. The van der Waals surface area contributed by atoms with Gasteiger partial charge in [-0.1, -0.05) is 29.8 Å². The Labute approximate surface area is 157 Å². The van der Waals surface area contributed by atoms with E-state index >= 15 is 0 Å². The molecule has 2 aromatic carbocycles. The summed E-state index contributed by atoms with van der Waals surface area (Å²) in [5, 5.41) is 3.83. The predicted octanol–water partition coefficient (Wildman–Crippen LogP) is 4.96. The molecule has 0 spiro atoms. The van der Waals surface area contributed by atoms with E-state index in [9.17, 15) is 0 Å². The van der Waals surface area contributed by atoms with Gasteiger partial charge in [-0.25, -0.2) is 4.98 Å². The number of methoxy groups -OCH3 is 1. The number of hydrogen-bond donors (Lipinski definition) is 1. The van der Waals surface area contributed by atoms with Crippen molar-refractivity contribution in [2.45, 2.75) is 19.4 Å². The number of hydrogen-bond acceptors (Lipinski definition) is 5. The van der Waals surface area contributed by atoms with Crippen LogP contribution >= 0.6 is 11.6 Å². The Kier molecular flexibility index (Phi) is 4.39. The number of fused-ring (bicyclic) bond motifs is 1. The van der Waals surface area contributed by atoms with Crippen molar-refractivity contribution in [3.8, 4) is 5.75 Å². The Hall–Kier alpha value is -2.79. The van der Waals surface area contributed by atoms with Crippen LogP contribution < -0.4 is 15.0 Å².